The third-order valence-electron chi connectivity index (χ3n) is 4.88. The van der Waals surface area contributed by atoms with Crippen molar-refractivity contribution in [3.63, 3.8) is 0 Å². The summed E-state index contributed by atoms with van der Waals surface area (Å²) in [5.41, 5.74) is 6.35. The second-order valence-electron chi connectivity index (χ2n) is 7.03. The van der Waals surface area contributed by atoms with E-state index >= 15 is 0 Å². The molecule has 0 aliphatic rings. The first kappa shape index (κ1) is 18.3. The molecule has 0 fully saturated rings. The van der Waals surface area contributed by atoms with E-state index in [-0.39, 0.29) is 5.56 Å². The molecule has 0 radical (unpaired) electrons. The van der Waals surface area contributed by atoms with Crippen LogP contribution in [0.1, 0.15) is 27.1 Å². The molecule has 0 saturated carbocycles. The van der Waals surface area contributed by atoms with Crippen LogP contribution < -0.4 is 5.56 Å². The molecule has 0 amide bonds. The SMILES string of the molecule is Cc1cc(C)c(/C=N\n2cnc3sc(C)c(-c4ccccc4)c3c2=O)c(C)c1. The molecule has 4 aromatic rings. The summed E-state index contributed by atoms with van der Waals surface area (Å²) >= 11 is 1.54. The van der Waals surface area contributed by atoms with Crippen LogP contribution in [-0.2, 0) is 0 Å². The van der Waals surface area contributed by atoms with Gasteiger partial charge in [0.05, 0.1) is 11.6 Å². The Morgan fingerprint density at radius 3 is 2.39 bits per heavy atom. The number of benzene rings is 2. The van der Waals surface area contributed by atoms with Gasteiger partial charge >= 0.3 is 0 Å². The van der Waals surface area contributed by atoms with Gasteiger partial charge in [-0.25, -0.2) is 4.98 Å². The predicted octanol–water partition coefficient (Wildman–Crippen LogP) is 5.24. The number of hydrogen-bond donors (Lipinski definition) is 0. The average molecular weight is 388 g/mol. The normalized spacial score (nSPS) is 11.6. The van der Waals surface area contributed by atoms with Crippen LogP contribution >= 0.6 is 11.3 Å². The van der Waals surface area contributed by atoms with Gasteiger partial charge in [-0.2, -0.15) is 9.78 Å². The maximum atomic E-state index is 13.2. The van der Waals surface area contributed by atoms with Gasteiger partial charge in [0, 0.05) is 16.0 Å². The lowest BCUT2D eigenvalue weighted by Gasteiger charge is -2.07. The number of hydrogen-bond acceptors (Lipinski definition) is 4. The Kier molecular flexibility index (Phi) is 4.69. The molecule has 0 spiro atoms. The van der Waals surface area contributed by atoms with Crippen LogP contribution in [0.5, 0.6) is 0 Å². The summed E-state index contributed by atoms with van der Waals surface area (Å²) in [5.74, 6) is 0. The van der Waals surface area contributed by atoms with Gasteiger partial charge in [-0.1, -0.05) is 48.0 Å². The molecule has 4 rings (SSSR count). The van der Waals surface area contributed by atoms with E-state index in [4.69, 9.17) is 0 Å². The summed E-state index contributed by atoms with van der Waals surface area (Å²) in [6.07, 6.45) is 3.26. The molecule has 2 aromatic carbocycles. The van der Waals surface area contributed by atoms with Gasteiger partial charge in [0.25, 0.3) is 5.56 Å². The first-order chi connectivity index (χ1) is 13.5. The largest absolute Gasteiger partial charge is 0.283 e. The van der Waals surface area contributed by atoms with Crippen molar-refractivity contribution in [2.75, 3.05) is 0 Å². The van der Waals surface area contributed by atoms with Crippen molar-refractivity contribution in [1.82, 2.24) is 9.66 Å². The third-order valence-corrected chi connectivity index (χ3v) is 5.90. The van der Waals surface area contributed by atoms with Crippen molar-refractivity contribution in [1.29, 1.82) is 0 Å². The fourth-order valence-electron chi connectivity index (χ4n) is 3.64. The first-order valence-corrected chi connectivity index (χ1v) is 9.95. The number of fused-ring (bicyclic) bond motifs is 1. The minimum absolute atomic E-state index is 0.146. The molecule has 0 bridgehead atoms. The van der Waals surface area contributed by atoms with Crippen LogP contribution in [0, 0.1) is 27.7 Å². The Morgan fingerprint density at radius 1 is 1.04 bits per heavy atom. The fraction of sp³-hybridized carbons (Fsp3) is 0.174. The molecule has 5 heteroatoms. The van der Waals surface area contributed by atoms with Crippen molar-refractivity contribution < 1.29 is 0 Å². The third kappa shape index (κ3) is 3.18. The highest BCUT2D eigenvalue weighted by atomic mass is 32.1. The summed E-state index contributed by atoms with van der Waals surface area (Å²) in [5, 5.41) is 5.07. The van der Waals surface area contributed by atoms with Crippen LogP contribution in [0.4, 0.5) is 0 Å². The van der Waals surface area contributed by atoms with E-state index in [1.165, 1.54) is 16.6 Å². The highest BCUT2D eigenvalue weighted by molar-refractivity contribution is 7.19. The number of aryl methyl sites for hydroxylation is 4. The first-order valence-electron chi connectivity index (χ1n) is 9.14. The molecule has 0 N–H and O–H groups in total. The average Bonchev–Trinajstić information content (AvgIpc) is 3.00. The second kappa shape index (κ2) is 7.17. The number of aromatic nitrogens is 2. The Morgan fingerprint density at radius 2 is 1.71 bits per heavy atom. The van der Waals surface area contributed by atoms with E-state index < -0.39 is 0 Å². The van der Waals surface area contributed by atoms with Gasteiger partial charge in [0.15, 0.2) is 0 Å². The molecule has 0 aliphatic carbocycles. The summed E-state index contributed by atoms with van der Waals surface area (Å²) < 4.78 is 1.33. The Bertz CT molecular complexity index is 1240. The summed E-state index contributed by atoms with van der Waals surface area (Å²) in [4.78, 5) is 19.5. The van der Waals surface area contributed by atoms with Gasteiger partial charge < -0.3 is 0 Å². The molecular weight excluding hydrogens is 366 g/mol. The Hall–Kier alpha value is -3.05. The zero-order chi connectivity index (χ0) is 19.8. The smallest absolute Gasteiger partial charge is 0.267 e. The van der Waals surface area contributed by atoms with Crippen molar-refractivity contribution in [3.05, 3.63) is 86.3 Å². The summed E-state index contributed by atoms with van der Waals surface area (Å²) in [7, 11) is 0. The fourth-order valence-corrected chi connectivity index (χ4v) is 4.65. The van der Waals surface area contributed by atoms with Gasteiger partial charge in [0.2, 0.25) is 0 Å². The Labute approximate surface area is 167 Å². The van der Waals surface area contributed by atoms with Crippen LogP contribution in [0.2, 0.25) is 0 Å². The molecular formula is C23H21N3OS. The molecule has 0 atom stereocenters. The van der Waals surface area contributed by atoms with Gasteiger partial charge in [-0.05, 0) is 44.4 Å². The molecule has 0 aliphatic heterocycles. The standard InChI is InChI=1S/C23H21N3OS/c1-14-10-15(2)19(16(3)11-14)12-25-26-13-24-22-21(23(26)27)20(17(4)28-22)18-8-6-5-7-9-18/h5-13H,1-4H3/b25-12-. The van der Waals surface area contributed by atoms with Crippen molar-refractivity contribution >= 4 is 27.8 Å². The minimum Gasteiger partial charge on any atom is -0.267 e. The molecule has 2 heterocycles. The number of nitrogens with zero attached hydrogens (tertiary/aromatic N) is 3. The maximum absolute atomic E-state index is 13.2. The van der Waals surface area contributed by atoms with E-state index in [1.807, 2.05) is 37.3 Å². The molecule has 28 heavy (non-hydrogen) atoms. The highest BCUT2D eigenvalue weighted by Gasteiger charge is 2.16. The molecule has 0 unspecified atom stereocenters. The van der Waals surface area contributed by atoms with E-state index in [2.05, 4.69) is 43.0 Å². The van der Waals surface area contributed by atoms with E-state index in [9.17, 15) is 4.79 Å². The van der Waals surface area contributed by atoms with Crippen LogP contribution in [-0.4, -0.2) is 15.9 Å². The topological polar surface area (TPSA) is 47.2 Å². The van der Waals surface area contributed by atoms with Crippen molar-refractivity contribution in [3.8, 4) is 11.1 Å². The van der Waals surface area contributed by atoms with Crippen molar-refractivity contribution in [2.24, 2.45) is 5.10 Å². The predicted molar refractivity (Wildman–Crippen MR) is 118 cm³/mol. The van der Waals surface area contributed by atoms with E-state index in [1.54, 1.807) is 17.6 Å². The zero-order valence-corrected chi connectivity index (χ0v) is 17.2. The van der Waals surface area contributed by atoms with Crippen LogP contribution in [0.25, 0.3) is 21.3 Å². The van der Waals surface area contributed by atoms with E-state index in [0.29, 0.717) is 5.39 Å². The lowest BCUT2D eigenvalue weighted by molar-refractivity contribution is 0.818. The van der Waals surface area contributed by atoms with Gasteiger partial charge in [-0.15, -0.1) is 11.3 Å². The molecule has 4 nitrogen and oxygen atoms in total. The molecule has 140 valence electrons. The summed E-state index contributed by atoms with van der Waals surface area (Å²) in [6.45, 7) is 8.22. The van der Waals surface area contributed by atoms with Crippen LogP contribution in [0.3, 0.4) is 0 Å². The van der Waals surface area contributed by atoms with Gasteiger partial charge in [0.1, 0.15) is 11.2 Å². The van der Waals surface area contributed by atoms with E-state index in [0.717, 1.165) is 37.5 Å². The lowest BCUT2D eigenvalue weighted by Crippen LogP contribution is -2.17. The van der Waals surface area contributed by atoms with Gasteiger partial charge in [-0.3, -0.25) is 4.79 Å². The molecule has 0 saturated heterocycles. The maximum Gasteiger partial charge on any atom is 0.283 e. The molecule has 2 aromatic heterocycles. The monoisotopic (exact) mass is 387 g/mol. The summed E-state index contributed by atoms with van der Waals surface area (Å²) in [6, 6.07) is 14.2. The van der Waals surface area contributed by atoms with Crippen molar-refractivity contribution in [2.45, 2.75) is 27.7 Å². The number of rotatable bonds is 3. The van der Waals surface area contributed by atoms with Crippen LogP contribution in [0.15, 0.2) is 58.7 Å². The minimum atomic E-state index is -0.146. The number of thiophene rings is 1. The lowest BCUT2D eigenvalue weighted by atomic mass is 10.0. The Balaban J connectivity index is 1.86. The quantitative estimate of drug-likeness (QED) is 0.451. The zero-order valence-electron chi connectivity index (χ0n) is 16.4. The highest BCUT2D eigenvalue weighted by Crippen LogP contribution is 2.35. The second-order valence-corrected chi connectivity index (χ2v) is 8.23.